The maximum atomic E-state index is 13.8. The number of oxazole rings is 1. The molecule has 1 aromatic heterocycles. The molecule has 3 aromatic rings. The Labute approximate surface area is 200 Å². The number of piperazine rings is 1. The highest BCUT2D eigenvalue weighted by Crippen LogP contribution is 2.40. The first kappa shape index (κ1) is 22.5. The van der Waals surface area contributed by atoms with Gasteiger partial charge in [-0.2, -0.15) is 4.98 Å². The first-order chi connectivity index (χ1) is 16.3. The number of alkyl halides is 1. The van der Waals surface area contributed by atoms with Gasteiger partial charge in [-0.25, -0.2) is 4.39 Å². The van der Waals surface area contributed by atoms with Gasteiger partial charge in [-0.05, 0) is 49.6 Å². The molecule has 34 heavy (non-hydrogen) atoms. The van der Waals surface area contributed by atoms with Crippen molar-refractivity contribution >= 4 is 40.5 Å². The van der Waals surface area contributed by atoms with Crippen LogP contribution in [0.3, 0.4) is 0 Å². The Morgan fingerprint density at radius 1 is 1.41 bits per heavy atom. The highest BCUT2D eigenvalue weighted by Gasteiger charge is 2.51. The van der Waals surface area contributed by atoms with E-state index >= 15 is 0 Å². The number of nitrogens with zero attached hydrogens (tertiary/aromatic N) is 2. The monoisotopic (exact) mass is 486 g/mol. The van der Waals surface area contributed by atoms with E-state index in [2.05, 4.69) is 15.6 Å². The van der Waals surface area contributed by atoms with Crippen molar-refractivity contribution in [1.29, 1.82) is 0 Å². The largest absolute Gasteiger partial charge is 0.493 e. The quantitative estimate of drug-likeness (QED) is 0.544. The van der Waals surface area contributed by atoms with Crippen LogP contribution in [0.2, 0.25) is 5.02 Å². The Hall–Kier alpha value is -3.33. The van der Waals surface area contributed by atoms with Crippen LogP contribution in [0.25, 0.3) is 11.1 Å². The van der Waals surface area contributed by atoms with Crippen LogP contribution in [-0.4, -0.2) is 53.6 Å². The lowest BCUT2D eigenvalue weighted by Crippen LogP contribution is -2.61. The fraction of sp³-hybridized carbons (Fsp3) is 0.375. The Kier molecular flexibility index (Phi) is 5.59. The summed E-state index contributed by atoms with van der Waals surface area (Å²) in [5.41, 5.74) is 1.38. The number of benzene rings is 2. The molecule has 178 valence electrons. The number of amides is 2. The number of carbonyl (C=O) groups excluding carboxylic acids is 2. The third-order valence-corrected chi connectivity index (χ3v) is 6.68. The molecule has 0 radical (unpaired) electrons. The standard InChI is InChI=1S/C24H24ClFN4O4/c1-13-21(31)29-24(6-7-24)12-30(13)22(32)15-9-17-20(19(10-15)33-2)34-23(27-17)28-18(11-26)14-4-3-5-16(25)8-14/h3-5,8-10,13,18H,6-7,11-12H2,1-2H3,(H,27,28)(H,29,31). The maximum Gasteiger partial charge on any atom is 0.296 e. The molecule has 2 atom stereocenters. The van der Waals surface area contributed by atoms with Crippen LogP contribution in [0.1, 0.15) is 41.7 Å². The second kappa shape index (κ2) is 8.47. The smallest absolute Gasteiger partial charge is 0.296 e. The van der Waals surface area contributed by atoms with Gasteiger partial charge in [0, 0.05) is 17.1 Å². The number of hydrogen-bond donors (Lipinski definition) is 2. The molecule has 2 aromatic carbocycles. The Balaban J connectivity index is 1.45. The van der Waals surface area contributed by atoms with Gasteiger partial charge >= 0.3 is 0 Å². The Morgan fingerprint density at radius 2 is 2.21 bits per heavy atom. The summed E-state index contributed by atoms with van der Waals surface area (Å²) in [6.07, 6.45) is 1.72. The molecule has 2 amide bonds. The highest BCUT2D eigenvalue weighted by molar-refractivity contribution is 6.30. The first-order valence-corrected chi connectivity index (χ1v) is 11.4. The van der Waals surface area contributed by atoms with E-state index in [1.165, 1.54) is 7.11 Å². The summed E-state index contributed by atoms with van der Waals surface area (Å²) < 4.78 is 25.0. The molecule has 2 aliphatic rings. The minimum absolute atomic E-state index is 0.0863. The van der Waals surface area contributed by atoms with Crippen molar-refractivity contribution in [2.45, 2.75) is 37.4 Å². The number of methoxy groups -OCH3 is 1. The number of fused-ring (bicyclic) bond motifs is 1. The van der Waals surface area contributed by atoms with Crippen LogP contribution in [0.4, 0.5) is 10.4 Å². The number of anilines is 1. The molecule has 1 aliphatic heterocycles. The molecule has 10 heteroatoms. The van der Waals surface area contributed by atoms with Crippen molar-refractivity contribution in [2.75, 3.05) is 25.6 Å². The normalized spacial score (nSPS) is 19.7. The molecular weight excluding hydrogens is 463 g/mol. The van der Waals surface area contributed by atoms with E-state index in [9.17, 15) is 14.0 Å². The van der Waals surface area contributed by atoms with Crippen LogP contribution in [0, 0.1) is 0 Å². The van der Waals surface area contributed by atoms with Crippen molar-refractivity contribution in [1.82, 2.24) is 15.2 Å². The number of carbonyl (C=O) groups is 2. The molecule has 1 saturated heterocycles. The summed E-state index contributed by atoms with van der Waals surface area (Å²) in [5, 5.41) is 6.45. The van der Waals surface area contributed by atoms with Gasteiger partial charge < -0.3 is 24.7 Å². The molecule has 1 saturated carbocycles. The van der Waals surface area contributed by atoms with E-state index in [-0.39, 0.29) is 23.4 Å². The van der Waals surface area contributed by atoms with Crippen LogP contribution >= 0.6 is 11.6 Å². The number of nitrogens with one attached hydrogen (secondary N) is 2. The number of hydrogen-bond acceptors (Lipinski definition) is 6. The second-order valence-corrected chi connectivity index (χ2v) is 9.27. The molecule has 1 aliphatic carbocycles. The zero-order valence-electron chi connectivity index (χ0n) is 18.7. The third-order valence-electron chi connectivity index (χ3n) is 6.45. The van der Waals surface area contributed by atoms with E-state index < -0.39 is 18.8 Å². The van der Waals surface area contributed by atoms with Crippen LogP contribution in [0.5, 0.6) is 5.75 Å². The van der Waals surface area contributed by atoms with Gasteiger partial charge in [-0.15, -0.1) is 0 Å². The average Bonchev–Trinajstić information content (AvgIpc) is 3.44. The number of halogens is 2. The number of ether oxygens (including phenoxy) is 1. The minimum Gasteiger partial charge on any atom is -0.493 e. The predicted octanol–water partition coefficient (Wildman–Crippen LogP) is 4.11. The average molecular weight is 487 g/mol. The lowest BCUT2D eigenvalue weighted by atomic mass is 10.1. The molecular formula is C24H24ClFN4O4. The maximum absolute atomic E-state index is 13.8. The zero-order chi connectivity index (χ0) is 24.0. The van der Waals surface area contributed by atoms with Crippen LogP contribution in [0.15, 0.2) is 40.8 Å². The summed E-state index contributed by atoms with van der Waals surface area (Å²) in [7, 11) is 1.46. The Morgan fingerprint density at radius 3 is 2.88 bits per heavy atom. The van der Waals surface area contributed by atoms with E-state index in [0.29, 0.717) is 39.5 Å². The minimum atomic E-state index is -0.721. The van der Waals surface area contributed by atoms with E-state index in [1.807, 2.05) is 0 Å². The molecule has 1 spiro atoms. The predicted molar refractivity (Wildman–Crippen MR) is 125 cm³/mol. The van der Waals surface area contributed by atoms with E-state index in [1.54, 1.807) is 48.2 Å². The molecule has 5 rings (SSSR count). The van der Waals surface area contributed by atoms with Crippen LogP contribution in [-0.2, 0) is 4.79 Å². The van der Waals surface area contributed by atoms with Gasteiger partial charge in [0.1, 0.15) is 18.2 Å². The fourth-order valence-corrected chi connectivity index (χ4v) is 4.48. The van der Waals surface area contributed by atoms with Crippen molar-refractivity contribution in [2.24, 2.45) is 0 Å². The summed E-state index contributed by atoms with van der Waals surface area (Å²) in [6.45, 7) is 1.46. The number of rotatable bonds is 6. The van der Waals surface area contributed by atoms with Crippen molar-refractivity contribution in [3.63, 3.8) is 0 Å². The summed E-state index contributed by atoms with van der Waals surface area (Å²) in [5.74, 6) is -0.126. The lowest BCUT2D eigenvalue weighted by molar-refractivity contribution is -0.129. The number of aromatic nitrogens is 1. The zero-order valence-corrected chi connectivity index (χ0v) is 19.5. The molecule has 2 N–H and O–H groups in total. The molecule has 2 heterocycles. The van der Waals surface area contributed by atoms with E-state index in [4.69, 9.17) is 20.8 Å². The van der Waals surface area contributed by atoms with Crippen molar-refractivity contribution in [3.8, 4) is 5.75 Å². The molecule has 8 nitrogen and oxygen atoms in total. The first-order valence-electron chi connectivity index (χ1n) is 11.0. The summed E-state index contributed by atoms with van der Waals surface area (Å²) in [6, 6.07) is 8.82. The lowest BCUT2D eigenvalue weighted by Gasteiger charge is -2.38. The highest BCUT2D eigenvalue weighted by atomic mass is 35.5. The molecule has 0 bridgehead atoms. The van der Waals surface area contributed by atoms with Gasteiger partial charge in [0.15, 0.2) is 11.3 Å². The van der Waals surface area contributed by atoms with Gasteiger partial charge in [0.2, 0.25) is 5.91 Å². The van der Waals surface area contributed by atoms with Crippen molar-refractivity contribution < 1.29 is 23.1 Å². The molecule has 2 fully saturated rings. The fourth-order valence-electron chi connectivity index (χ4n) is 4.28. The van der Waals surface area contributed by atoms with Gasteiger partial charge in [-0.1, -0.05) is 23.7 Å². The van der Waals surface area contributed by atoms with Gasteiger partial charge in [0.05, 0.1) is 18.7 Å². The van der Waals surface area contributed by atoms with Gasteiger partial charge in [-0.3, -0.25) is 9.59 Å². The Bertz CT molecular complexity index is 1280. The SMILES string of the molecule is COc1cc(C(=O)N2CC3(CC3)NC(=O)C2C)cc2nc(NC(CF)c3cccc(Cl)c3)oc12. The second-order valence-electron chi connectivity index (χ2n) is 8.83. The topological polar surface area (TPSA) is 96.7 Å². The summed E-state index contributed by atoms with van der Waals surface area (Å²) in [4.78, 5) is 31.8. The molecule has 2 unspecified atom stereocenters. The van der Waals surface area contributed by atoms with Gasteiger partial charge in [0.25, 0.3) is 11.9 Å². The van der Waals surface area contributed by atoms with Crippen molar-refractivity contribution in [3.05, 3.63) is 52.5 Å². The van der Waals surface area contributed by atoms with E-state index in [0.717, 1.165) is 12.8 Å². The summed E-state index contributed by atoms with van der Waals surface area (Å²) >= 11 is 6.04. The third kappa shape index (κ3) is 4.04. The van der Waals surface area contributed by atoms with Crippen LogP contribution < -0.4 is 15.4 Å².